The summed E-state index contributed by atoms with van der Waals surface area (Å²) in [4.78, 5) is 0. The van der Waals surface area contributed by atoms with E-state index in [1.807, 2.05) is 0 Å². The van der Waals surface area contributed by atoms with Crippen molar-refractivity contribution in [2.24, 2.45) is 45.8 Å². The first-order valence-corrected chi connectivity index (χ1v) is 16.0. The smallest absolute Gasteiger partial charge is 0.122 e. The van der Waals surface area contributed by atoms with Gasteiger partial charge in [-0.2, -0.15) is 0 Å². The van der Waals surface area contributed by atoms with Crippen molar-refractivity contribution >= 4 is 0 Å². The average Bonchev–Trinajstić information content (AvgIpc) is 3.19. The Morgan fingerprint density at radius 3 is 2.47 bits per heavy atom. The molecule has 5 rings (SSSR count). The average molecular weight is 517 g/mol. The third-order valence-electron chi connectivity index (χ3n) is 12.4. The van der Waals surface area contributed by atoms with E-state index in [4.69, 9.17) is 4.74 Å². The maximum absolute atomic E-state index is 6.81. The molecule has 1 nitrogen and oxygen atoms in total. The van der Waals surface area contributed by atoms with Crippen molar-refractivity contribution in [1.29, 1.82) is 0 Å². The summed E-state index contributed by atoms with van der Waals surface area (Å²) >= 11 is 0. The van der Waals surface area contributed by atoms with Crippen molar-refractivity contribution in [3.05, 3.63) is 52.6 Å². The van der Waals surface area contributed by atoms with E-state index in [9.17, 15) is 0 Å². The van der Waals surface area contributed by atoms with Gasteiger partial charge in [-0.15, -0.1) is 0 Å². The molecule has 0 spiro atoms. The van der Waals surface area contributed by atoms with Crippen LogP contribution in [0.3, 0.4) is 0 Å². The Morgan fingerprint density at radius 2 is 1.76 bits per heavy atom. The van der Waals surface area contributed by atoms with Crippen molar-refractivity contribution in [3.63, 3.8) is 0 Å². The van der Waals surface area contributed by atoms with Gasteiger partial charge in [-0.3, -0.25) is 0 Å². The number of allylic oxidation sites excluding steroid dienone is 3. The summed E-state index contributed by atoms with van der Waals surface area (Å²) in [6.07, 6.45) is 17.6. The molecule has 0 radical (unpaired) electrons. The van der Waals surface area contributed by atoms with Crippen LogP contribution in [0.1, 0.15) is 117 Å². The third-order valence-corrected chi connectivity index (χ3v) is 12.4. The molecule has 0 aromatic heterocycles. The normalized spacial score (nSPS) is 38.3. The Bertz CT molecular complexity index is 1090. The first-order chi connectivity index (χ1) is 17.9. The van der Waals surface area contributed by atoms with E-state index in [2.05, 4.69) is 92.7 Å². The van der Waals surface area contributed by atoms with Crippen molar-refractivity contribution in [2.75, 3.05) is 0 Å². The van der Waals surface area contributed by atoms with Gasteiger partial charge in [-0.05, 0) is 138 Å². The molecule has 1 aromatic carbocycles. The van der Waals surface area contributed by atoms with Crippen LogP contribution in [0, 0.1) is 59.7 Å². The summed E-state index contributed by atoms with van der Waals surface area (Å²) in [6, 6.07) is 6.65. The summed E-state index contributed by atoms with van der Waals surface area (Å²) in [5.41, 5.74) is 6.74. The minimum Gasteiger partial charge on any atom is -0.489 e. The third kappa shape index (κ3) is 4.62. The molecular weight excluding hydrogens is 460 g/mol. The van der Waals surface area contributed by atoms with E-state index >= 15 is 0 Å². The highest BCUT2D eigenvalue weighted by Crippen LogP contribution is 2.69. The van der Waals surface area contributed by atoms with Gasteiger partial charge < -0.3 is 4.74 Å². The number of hydrogen-bond acceptors (Lipinski definition) is 1. The molecule has 210 valence electrons. The molecule has 1 aromatic rings. The van der Waals surface area contributed by atoms with Crippen LogP contribution in [-0.2, 0) is 0 Å². The van der Waals surface area contributed by atoms with Gasteiger partial charge in [-0.25, -0.2) is 0 Å². The molecule has 0 N–H and O–H groups in total. The molecule has 1 heteroatoms. The molecule has 4 aliphatic carbocycles. The monoisotopic (exact) mass is 516 g/mol. The minimum atomic E-state index is 0.0771. The molecule has 8 unspecified atom stereocenters. The van der Waals surface area contributed by atoms with Crippen LogP contribution < -0.4 is 4.74 Å². The van der Waals surface area contributed by atoms with E-state index in [0.717, 1.165) is 35.3 Å². The predicted molar refractivity (Wildman–Crippen MR) is 163 cm³/mol. The van der Waals surface area contributed by atoms with Crippen molar-refractivity contribution in [2.45, 2.75) is 126 Å². The molecule has 0 bridgehead atoms. The second-order valence-corrected chi connectivity index (χ2v) is 15.3. The number of rotatable bonds is 6. The van der Waals surface area contributed by atoms with E-state index in [0.29, 0.717) is 10.8 Å². The molecule has 38 heavy (non-hydrogen) atoms. The van der Waals surface area contributed by atoms with Crippen LogP contribution >= 0.6 is 0 Å². The lowest BCUT2D eigenvalue weighted by Gasteiger charge is -2.61. The Hall–Kier alpha value is -1.50. The number of fused-ring (bicyclic) bond motifs is 5. The maximum Gasteiger partial charge on any atom is 0.122 e. The standard InChI is InChI=1S/C37H56O/c1-24(2)11-10-12-26(4)29-15-16-30-28-14-18-33-35(6,7)34(38-32-17-13-25(3)23-27(32)5)20-22-37(33,9)31(28)19-21-36(29,30)8/h11,13,17-18,23,26,28-31,34H,10,12,14-16,19-22H2,1-9H3. The van der Waals surface area contributed by atoms with Crippen LogP contribution in [0.4, 0.5) is 0 Å². The molecule has 0 heterocycles. The molecule has 8 atom stereocenters. The molecule has 4 aliphatic rings. The Kier molecular flexibility index (Phi) is 7.50. The summed E-state index contributed by atoms with van der Waals surface area (Å²) in [5.74, 6) is 5.48. The van der Waals surface area contributed by atoms with Gasteiger partial charge >= 0.3 is 0 Å². The lowest BCUT2D eigenvalue weighted by molar-refractivity contribution is -0.0740. The lowest BCUT2D eigenvalue weighted by Crippen LogP contribution is -2.55. The number of hydrogen-bond donors (Lipinski definition) is 0. The second kappa shape index (κ2) is 10.2. The fourth-order valence-electron chi connectivity index (χ4n) is 10.5. The maximum atomic E-state index is 6.81. The highest BCUT2D eigenvalue weighted by molar-refractivity contribution is 5.37. The van der Waals surface area contributed by atoms with Crippen LogP contribution in [0.2, 0.25) is 0 Å². The Labute approximate surface area is 234 Å². The highest BCUT2D eigenvalue weighted by atomic mass is 16.5. The summed E-state index contributed by atoms with van der Waals surface area (Å²) in [7, 11) is 0. The van der Waals surface area contributed by atoms with Gasteiger partial charge in [0.2, 0.25) is 0 Å². The second-order valence-electron chi connectivity index (χ2n) is 15.3. The van der Waals surface area contributed by atoms with E-state index in [1.165, 1.54) is 74.5 Å². The molecule has 0 amide bonds. The summed E-state index contributed by atoms with van der Waals surface area (Å²) in [5, 5.41) is 0. The molecule has 3 fully saturated rings. The van der Waals surface area contributed by atoms with E-state index < -0.39 is 0 Å². The SMILES string of the molecule is CC(C)=CCCC(C)C1CCC2C3CC=C4C(C)(C)C(Oc5ccc(C)cc5C)CCC4(C)C3CCC12C. The predicted octanol–water partition coefficient (Wildman–Crippen LogP) is 10.6. The zero-order valence-corrected chi connectivity index (χ0v) is 26.1. The van der Waals surface area contributed by atoms with Crippen LogP contribution in [0.5, 0.6) is 5.75 Å². The lowest BCUT2D eigenvalue weighted by atomic mass is 9.44. The molecule has 3 saturated carbocycles. The molecule has 0 saturated heterocycles. The first-order valence-electron chi connectivity index (χ1n) is 16.0. The van der Waals surface area contributed by atoms with Gasteiger partial charge in [0.1, 0.15) is 11.9 Å². The summed E-state index contributed by atoms with van der Waals surface area (Å²) < 4.78 is 6.81. The largest absolute Gasteiger partial charge is 0.489 e. The van der Waals surface area contributed by atoms with Gasteiger partial charge in [0.15, 0.2) is 0 Å². The number of ether oxygens (including phenoxy) is 1. The van der Waals surface area contributed by atoms with Crippen LogP contribution in [0.25, 0.3) is 0 Å². The first kappa shape index (κ1) is 28.0. The molecule has 0 aliphatic heterocycles. The number of benzene rings is 1. The quantitative estimate of drug-likeness (QED) is 0.342. The van der Waals surface area contributed by atoms with Crippen LogP contribution in [0.15, 0.2) is 41.5 Å². The van der Waals surface area contributed by atoms with Gasteiger partial charge in [0.05, 0.1) is 0 Å². The van der Waals surface area contributed by atoms with Gasteiger partial charge in [0.25, 0.3) is 0 Å². The minimum absolute atomic E-state index is 0.0771. The van der Waals surface area contributed by atoms with Crippen LogP contribution in [-0.4, -0.2) is 6.10 Å². The van der Waals surface area contributed by atoms with E-state index in [1.54, 1.807) is 5.57 Å². The topological polar surface area (TPSA) is 9.23 Å². The van der Waals surface area contributed by atoms with Crippen molar-refractivity contribution < 1.29 is 4.74 Å². The van der Waals surface area contributed by atoms with Crippen molar-refractivity contribution in [3.8, 4) is 5.75 Å². The van der Waals surface area contributed by atoms with Gasteiger partial charge in [0, 0.05) is 5.41 Å². The zero-order chi connectivity index (χ0) is 27.5. The Morgan fingerprint density at radius 1 is 1.00 bits per heavy atom. The highest BCUT2D eigenvalue weighted by Gasteiger charge is 2.61. The van der Waals surface area contributed by atoms with Gasteiger partial charge in [-0.1, -0.05) is 75.6 Å². The molecular formula is C37H56O. The fraction of sp³-hybridized carbons (Fsp3) is 0.730. The van der Waals surface area contributed by atoms with E-state index in [-0.39, 0.29) is 11.5 Å². The summed E-state index contributed by atoms with van der Waals surface area (Å²) in [6.45, 7) is 21.8. The number of aryl methyl sites for hydroxylation is 2. The van der Waals surface area contributed by atoms with Crippen molar-refractivity contribution in [1.82, 2.24) is 0 Å². The Balaban J connectivity index is 1.35. The fourth-order valence-corrected chi connectivity index (χ4v) is 10.5. The zero-order valence-electron chi connectivity index (χ0n) is 26.1.